The Morgan fingerprint density at radius 3 is 2.77 bits per heavy atom. The molecular weight excluding hydrogens is 164 g/mol. The minimum atomic E-state index is 0.0120. The molecule has 1 aromatic rings. The van der Waals surface area contributed by atoms with E-state index in [0.717, 1.165) is 30.7 Å². The molecule has 2 rings (SSSR count). The highest BCUT2D eigenvalue weighted by Crippen LogP contribution is 2.46. The molecule has 1 unspecified atom stereocenters. The highest BCUT2D eigenvalue weighted by Gasteiger charge is 2.46. The zero-order valence-electron chi connectivity index (χ0n) is 8.21. The van der Waals surface area contributed by atoms with E-state index in [0.29, 0.717) is 5.92 Å². The quantitative estimate of drug-likeness (QED) is 0.773. The number of hydrogen-bond donors (Lipinski definition) is 1. The molecule has 1 aliphatic rings. The Bertz CT molecular complexity index is 302. The first-order valence-electron chi connectivity index (χ1n) is 4.88. The molecule has 0 aliphatic heterocycles. The van der Waals surface area contributed by atoms with Crippen molar-refractivity contribution in [3.05, 3.63) is 17.5 Å². The standard InChI is InChI=1S/C10H16N2O/c1-3-8(10(11)4-5-10)9-6-7(2)13-12-9/h6,8H,3-5,11H2,1-2H3. The van der Waals surface area contributed by atoms with Crippen LogP contribution < -0.4 is 5.73 Å². The van der Waals surface area contributed by atoms with E-state index in [-0.39, 0.29) is 5.54 Å². The minimum Gasteiger partial charge on any atom is -0.361 e. The van der Waals surface area contributed by atoms with Crippen LogP contribution in [0.3, 0.4) is 0 Å². The fourth-order valence-electron chi connectivity index (χ4n) is 1.95. The van der Waals surface area contributed by atoms with Crippen molar-refractivity contribution >= 4 is 0 Å². The molecule has 3 nitrogen and oxygen atoms in total. The van der Waals surface area contributed by atoms with Gasteiger partial charge in [0.2, 0.25) is 0 Å². The Labute approximate surface area is 78.3 Å². The van der Waals surface area contributed by atoms with Crippen LogP contribution in [0.1, 0.15) is 43.6 Å². The molecule has 72 valence electrons. The molecule has 1 aromatic heterocycles. The summed E-state index contributed by atoms with van der Waals surface area (Å²) >= 11 is 0. The van der Waals surface area contributed by atoms with E-state index in [1.165, 1.54) is 0 Å². The molecule has 1 saturated carbocycles. The lowest BCUT2D eigenvalue weighted by Crippen LogP contribution is -2.30. The zero-order chi connectivity index (χ0) is 9.47. The lowest BCUT2D eigenvalue weighted by atomic mass is 9.92. The van der Waals surface area contributed by atoms with Gasteiger partial charge in [0.15, 0.2) is 0 Å². The van der Waals surface area contributed by atoms with Crippen molar-refractivity contribution in [1.82, 2.24) is 5.16 Å². The Morgan fingerprint density at radius 1 is 1.69 bits per heavy atom. The summed E-state index contributed by atoms with van der Waals surface area (Å²) in [5, 5.41) is 4.04. The molecule has 1 aliphatic carbocycles. The van der Waals surface area contributed by atoms with Crippen LogP contribution in [0.4, 0.5) is 0 Å². The van der Waals surface area contributed by atoms with Crippen molar-refractivity contribution in [2.75, 3.05) is 0 Å². The van der Waals surface area contributed by atoms with E-state index in [1.54, 1.807) is 0 Å². The van der Waals surface area contributed by atoms with Gasteiger partial charge >= 0.3 is 0 Å². The summed E-state index contributed by atoms with van der Waals surface area (Å²) in [6.45, 7) is 4.07. The zero-order valence-corrected chi connectivity index (χ0v) is 8.21. The van der Waals surface area contributed by atoms with Gasteiger partial charge in [-0.15, -0.1) is 0 Å². The second-order valence-corrected chi connectivity index (χ2v) is 4.06. The van der Waals surface area contributed by atoms with Gasteiger partial charge in [-0.25, -0.2) is 0 Å². The number of aryl methyl sites for hydroxylation is 1. The number of nitrogens with two attached hydrogens (primary N) is 1. The van der Waals surface area contributed by atoms with Crippen molar-refractivity contribution in [1.29, 1.82) is 0 Å². The molecule has 3 heteroatoms. The van der Waals surface area contributed by atoms with Crippen molar-refractivity contribution in [2.45, 2.75) is 44.6 Å². The third kappa shape index (κ3) is 1.48. The number of hydrogen-bond acceptors (Lipinski definition) is 3. The van der Waals surface area contributed by atoms with E-state index in [2.05, 4.69) is 12.1 Å². The summed E-state index contributed by atoms with van der Waals surface area (Å²) in [4.78, 5) is 0. The van der Waals surface area contributed by atoms with E-state index in [4.69, 9.17) is 10.3 Å². The average Bonchev–Trinajstić information content (AvgIpc) is 2.67. The van der Waals surface area contributed by atoms with Crippen LogP contribution >= 0.6 is 0 Å². The van der Waals surface area contributed by atoms with Crippen LogP contribution in [0, 0.1) is 6.92 Å². The Morgan fingerprint density at radius 2 is 2.38 bits per heavy atom. The molecule has 0 amide bonds. The lowest BCUT2D eigenvalue weighted by molar-refractivity contribution is 0.374. The summed E-state index contributed by atoms with van der Waals surface area (Å²) in [6, 6.07) is 2.00. The molecule has 0 bridgehead atoms. The summed E-state index contributed by atoms with van der Waals surface area (Å²) in [7, 11) is 0. The second kappa shape index (κ2) is 2.84. The minimum absolute atomic E-state index is 0.0120. The van der Waals surface area contributed by atoms with Gasteiger partial charge in [-0.3, -0.25) is 0 Å². The third-order valence-corrected chi connectivity index (χ3v) is 2.93. The topological polar surface area (TPSA) is 52.0 Å². The molecule has 0 saturated heterocycles. The highest BCUT2D eigenvalue weighted by molar-refractivity contribution is 5.21. The number of aromatic nitrogens is 1. The predicted molar refractivity (Wildman–Crippen MR) is 50.4 cm³/mol. The highest BCUT2D eigenvalue weighted by atomic mass is 16.5. The van der Waals surface area contributed by atoms with Crippen LogP contribution in [0.5, 0.6) is 0 Å². The Hall–Kier alpha value is -0.830. The molecule has 13 heavy (non-hydrogen) atoms. The molecule has 0 radical (unpaired) electrons. The molecule has 0 spiro atoms. The fourth-order valence-corrected chi connectivity index (χ4v) is 1.95. The SMILES string of the molecule is CCC(c1cc(C)on1)C1(N)CC1. The number of rotatable bonds is 3. The van der Waals surface area contributed by atoms with E-state index >= 15 is 0 Å². The summed E-state index contributed by atoms with van der Waals surface area (Å²) in [6.07, 6.45) is 3.29. The maximum atomic E-state index is 6.16. The lowest BCUT2D eigenvalue weighted by Gasteiger charge is -2.18. The fraction of sp³-hybridized carbons (Fsp3) is 0.700. The van der Waals surface area contributed by atoms with E-state index in [1.807, 2.05) is 13.0 Å². The van der Waals surface area contributed by atoms with Gasteiger partial charge in [0.25, 0.3) is 0 Å². The molecule has 1 fully saturated rings. The van der Waals surface area contributed by atoms with Gasteiger partial charge in [-0.2, -0.15) is 0 Å². The summed E-state index contributed by atoms with van der Waals surface area (Å²) < 4.78 is 5.06. The van der Waals surface area contributed by atoms with Gasteiger partial charge in [-0.1, -0.05) is 12.1 Å². The van der Waals surface area contributed by atoms with Crippen molar-refractivity contribution < 1.29 is 4.52 Å². The van der Waals surface area contributed by atoms with Gasteiger partial charge in [0, 0.05) is 17.5 Å². The first-order valence-corrected chi connectivity index (χ1v) is 4.88. The van der Waals surface area contributed by atoms with Crippen LogP contribution in [-0.4, -0.2) is 10.7 Å². The van der Waals surface area contributed by atoms with E-state index < -0.39 is 0 Å². The van der Waals surface area contributed by atoms with Crippen molar-refractivity contribution in [3.8, 4) is 0 Å². The monoisotopic (exact) mass is 180 g/mol. The Kier molecular flexibility index (Phi) is 1.91. The first-order chi connectivity index (χ1) is 6.15. The van der Waals surface area contributed by atoms with Gasteiger partial charge in [-0.05, 0) is 26.2 Å². The third-order valence-electron chi connectivity index (χ3n) is 2.93. The maximum absolute atomic E-state index is 6.16. The second-order valence-electron chi connectivity index (χ2n) is 4.06. The summed E-state index contributed by atoms with van der Waals surface area (Å²) in [5.74, 6) is 1.25. The average molecular weight is 180 g/mol. The van der Waals surface area contributed by atoms with Crippen LogP contribution in [0.15, 0.2) is 10.6 Å². The normalized spacial score (nSPS) is 21.5. The predicted octanol–water partition coefficient (Wildman–Crippen LogP) is 1.97. The van der Waals surface area contributed by atoms with Gasteiger partial charge in [0.05, 0.1) is 5.69 Å². The molecule has 1 heterocycles. The van der Waals surface area contributed by atoms with Crippen molar-refractivity contribution in [3.63, 3.8) is 0 Å². The van der Waals surface area contributed by atoms with Crippen molar-refractivity contribution in [2.24, 2.45) is 5.73 Å². The largest absolute Gasteiger partial charge is 0.361 e. The first kappa shape index (κ1) is 8.75. The van der Waals surface area contributed by atoms with Crippen LogP contribution in [0.25, 0.3) is 0 Å². The van der Waals surface area contributed by atoms with Crippen LogP contribution in [0.2, 0.25) is 0 Å². The van der Waals surface area contributed by atoms with Gasteiger partial charge < -0.3 is 10.3 Å². The van der Waals surface area contributed by atoms with Crippen LogP contribution in [-0.2, 0) is 0 Å². The molecular formula is C10H16N2O. The Balaban J connectivity index is 2.22. The summed E-state index contributed by atoms with van der Waals surface area (Å²) in [5.41, 5.74) is 7.20. The molecule has 1 atom stereocenters. The number of nitrogens with zero attached hydrogens (tertiary/aromatic N) is 1. The van der Waals surface area contributed by atoms with E-state index in [9.17, 15) is 0 Å². The van der Waals surface area contributed by atoms with Gasteiger partial charge in [0.1, 0.15) is 5.76 Å². The molecule has 0 aromatic carbocycles. The molecule has 2 N–H and O–H groups in total. The smallest absolute Gasteiger partial charge is 0.133 e. The maximum Gasteiger partial charge on any atom is 0.133 e.